The van der Waals surface area contributed by atoms with Crippen molar-refractivity contribution in [1.29, 1.82) is 0 Å². The number of hydrogen-bond donors (Lipinski definition) is 3. The van der Waals surface area contributed by atoms with Gasteiger partial charge in [-0.05, 0) is 61.1 Å². The highest BCUT2D eigenvalue weighted by atomic mass is 32.2. The lowest BCUT2D eigenvalue weighted by Crippen LogP contribution is -2.37. The maximum atomic E-state index is 12.9. The molecule has 0 aliphatic carbocycles. The fraction of sp³-hybridized carbons (Fsp3) is 0.333. The van der Waals surface area contributed by atoms with E-state index >= 15 is 0 Å². The van der Waals surface area contributed by atoms with Crippen LogP contribution in [0.5, 0.6) is 5.75 Å². The molecule has 0 heterocycles. The highest BCUT2D eigenvalue weighted by Gasteiger charge is 2.01. The van der Waals surface area contributed by atoms with Gasteiger partial charge in [0.25, 0.3) is 5.91 Å². The highest BCUT2D eigenvalue weighted by molar-refractivity contribution is 7.99. The minimum absolute atomic E-state index is 0.146. The molecule has 0 bridgehead atoms. The molecule has 0 aromatic heterocycles. The van der Waals surface area contributed by atoms with E-state index in [4.69, 9.17) is 10.5 Å². The van der Waals surface area contributed by atoms with Crippen LogP contribution in [-0.4, -0.2) is 37.3 Å². The fourth-order valence-corrected chi connectivity index (χ4v) is 3.25. The number of amides is 1. The van der Waals surface area contributed by atoms with Crippen LogP contribution < -0.4 is 21.1 Å². The van der Waals surface area contributed by atoms with E-state index in [1.807, 2.05) is 25.1 Å². The Hall–Kier alpha value is -2.74. The molecule has 29 heavy (non-hydrogen) atoms. The summed E-state index contributed by atoms with van der Waals surface area (Å²) in [7, 11) is 0. The predicted molar refractivity (Wildman–Crippen MR) is 116 cm³/mol. The molecule has 2 aromatic rings. The van der Waals surface area contributed by atoms with Crippen molar-refractivity contribution < 1.29 is 13.9 Å². The molecule has 0 aliphatic rings. The summed E-state index contributed by atoms with van der Waals surface area (Å²) >= 11 is 1.70. The van der Waals surface area contributed by atoms with Crippen molar-refractivity contribution in [3.05, 3.63) is 59.9 Å². The van der Waals surface area contributed by atoms with Gasteiger partial charge in [-0.25, -0.2) is 9.38 Å². The molecule has 0 fully saturated rings. The van der Waals surface area contributed by atoms with Gasteiger partial charge in [0.15, 0.2) is 12.6 Å². The van der Waals surface area contributed by atoms with Gasteiger partial charge in [-0.1, -0.05) is 12.1 Å². The standard InChI is InChI=1S/C21H27FN4O2S/c1-2-24-21(25-11-4-12-29-19-9-7-17(22)8-10-19)26-14-16-5-3-6-18(13-16)28-15-20(23)27/h3,5-10,13H,2,4,11-12,14-15H2,1H3,(H2,23,27)(H2,24,25,26). The Morgan fingerprint density at radius 3 is 2.72 bits per heavy atom. The quantitative estimate of drug-likeness (QED) is 0.226. The van der Waals surface area contributed by atoms with E-state index in [-0.39, 0.29) is 12.4 Å². The summed E-state index contributed by atoms with van der Waals surface area (Å²) in [4.78, 5) is 16.5. The van der Waals surface area contributed by atoms with Crippen LogP contribution in [0.4, 0.5) is 4.39 Å². The van der Waals surface area contributed by atoms with Gasteiger partial charge >= 0.3 is 0 Å². The Labute approximate surface area is 175 Å². The van der Waals surface area contributed by atoms with Crippen LogP contribution >= 0.6 is 11.8 Å². The molecule has 8 heteroatoms. The second kappa shape index (κ2) is 12.7. The summed E-state index contributed by atoms with van der Waals surface area (Å²) in [6.45, 7) is 3.89. The number of aliphatic imine (C=N–C) groups is 1. The number of halogens is 1. The van der Waals surface area contributed by atoms with Crippen molar-refractivity contribution in [2.24, 2.45) is 10.7 Å². The number of thioether (sulfide) groups is 1. The zero-order valence-electron chi connectivity index (χ0n) is 16.5. The highest BCUT2D eigenvalue weighted by Crippen LogP contribution is 2.18. The molecule has 0 saturated heterocycles. The molecular formula is C21H27FN4O2S. The number of hydrogen-bond acceptors (Lipinski definition) is 4. The number of primary amides is 1. The molecule has 0 unspecified atom stereocenters. The van der Waals surface area contributed by atoms with Crippen molar-refractivity contribution in [2.75, 3.05) is 25.4 Å². The van der Waals surface area contributed by atoms with E-state index in [0.717, 1.165) is 41.7 Å². The average molecular weight is 419 g/mol. The molecule has 6 nitrogen and oxygen atoms in total. The first-order valence-corrected chi connectivity index (χ1v) is 10.5. The number of carbonyl (C=O) groups is 1. The molecular weight excluding hydrogens is 391 g/mol. The van der Waals surface area contributed by atoms with Gasteiger partial charge in [0.1, 0.15) is 11.6 Å². The minimum atomic E-state index is -0.510. The third-order valence-corrected chi connectivity index (χ3v) is 4.84. The number of ether oxygens (including phenoxy) is 1. The number of rotatable bonds is 11. The maximum Gasteiger partial charge on any atom is 0.255 e. The third-order valence-electron chi connectivity index (χ3n) is 3.74. The van der Waals surface area contributed by atoms with E-state index in [2.05, 4.69) is 15.6 Å². The number of guanidine groups is 1. The smallest absolute Gasteiger partial charge is 0.255 e. The van der Waals surface area contributed by atoms with Crippen LogP contribution in [0.3, 0.4) is 0 Å². The van der Waals surface area contributed by atoms with Crippen molar-refractivity contribution in [3.63, 3.8) is 0 Å². The van der Waals surface area contributed by atoms with E-state index in [0.29, 0.717) is 12.3 Å². The number of carbonyl (C=O) groups excluding carboxylic acids is 1. The second-order valence-electron chi connectivity index (χ2n) is 6.18. The number of nitrogens with one attached hydrogen (secondary N) is 2. The van der Waals surface area contributed by atoms with Crippen LogP contribution in [0.2, 0.25) is 0 Å². The minimum Gasteiger partial charge on any atom is -0.484 e. The van der Waals surface area contributed by atoms with E-state index in [1.54, 1.807) is 30.0 Å². The zero-order valence-corrected chi connectivity index (χ0v) is 17.3. The first-order chi connectivity index (χ1) is 14.1. The van der Waals surface area contributed by atoms with Crippen molar-refractivity contribution in [3.8, 4) is 5.75 Å². The van der Waals surface area contributed by atoms with Crippen molar-refractivity contribution in [2.45, 2.75) is 24.8 Å². The summed E-state index contributed by atoms with van der Waals surface area (Å²) in [5, 5.41) is 6.53. The van der Waals surface area contributed by atoms with Gasteiger partial charge in [0.2, 0.25) is 0 Å². The molecule has 0 aliphatic heterocycles. The van der Waals surface area contributed by atoms with Gasteiger partial charge < -0.3 is 21.1 Å². The molecule has 0 spiro atoms. The summed E-state index contributed by atoms with van der Waals surface area (Å²) in [5.74, 6) is 1.53. The lowest BCUT2D eigenvalue weighted by molar-refractivity contribution is -0.119. The molecule has 4 N–H and O–H groups in total. The van der Waals surface area contributed by atoms with Gasteiger partial charge in [-0.2, -0.15) is 0 Å². The summed E-state index contributed by atoms with van der Waals surface area (Å²) in [6, 6.07) is 14.0. The maximum absolute atomic E-state index is 12.9. The predicted octanol–water partition coefficient (Wildman–Crippen LogP) is 2.93. The summed E-state index contributed by atoms with van der Waals surface area (Å²) in [5.41, 5.74) is 6.07. The van der Waals surface area contributed by atoms with Gasteiger partial charge in [-0.3, -0.25) is 4.79 Å². The number of nitrogens with zero attached hydrogens (tertiary/aromatic N) is 1. The molecule has 2 rings (SSSR count). The lowest BCUT2D eigenvalue weighted by Gasteiger charge is -2.11. The molecule has 0 radical (unpaired) electrons. The number of benzene rings is 2. The molecule has 2 aromatic carbocycles. The Morgan fingerprint density at radius 1 is 1.21 bits per heavy atom. The Morgan fingerprint density at radius 2 is 2.00 bits per heavy atom. The largest absolute Gasteiger partial charge is 0.484 e. The van der Waals surface area contributed by atoms with Gasteiger partial charge in [0.05, 0.1) is 6.54 Å². The second-order valence-corrected chi connectivity index (χ2v) is 7.35. The fourth-order valence-electron chi connectivity index (χ4n) is 2.40. The van der Waals surface area contributed by atoms with Gasteiger partial charge in [0, 0.05) is 18.0 Å². The zero-order chi connectivity index (χ0) is 20.9. The normalized spacial score (nSPS) is 11.2. The molecule has 1 amide bonds. The van der Waals surface area contributed by atoms with Crippen molar-refractivity contribution >= 4 is 23.6 Å². The third kappa shape index (κ3) is 9.34. The lowest BCUT2D eigenvalue weighted by atomic mass is 10.2. The molecule has 156 valence electrons. The Kier molecular flexibility index (Phi) is 9.85. The number of nitrogens with two attached hydrogens (primary N) is 1. The summed E-state index contributed by atoms with van der Waals surface area (Å²) < 4.78 is 18.2. The average Bonchev–Trinajstić information content (AvgIpc) is 2.72. The van der Waals surface area contributed by atoms with E-state index < -0.39 is 5.91 Å². The SMILES string of the molecule is CCNC(=NCc1cccc(OCC(N)=O)c1)NCCCSc1ccc(F)cc1. The molecule has 0 saturated carbocycles. The first-order valence-electron chi connectivity index (χ1n) is 9.47. The Balaban J connectivity index is 1.77. The summed E-state index contributed by atoms with van der Waals surface area (Å²) in [6.07, 6.45) is 0.947. The topological polar surface area (TPSA) is 88.7 Å². The van der Waals surface area contributed by atoms with Crippen LogP contribution in [0.15, 0.2) is 58.4 Å². The Bertz CT molecular complexity index is 800. The van der Waals surface area contributed by atoms with Crippen LogP contribution in [-0.2, 0) is 11.3 Å². The first kappa shape index (κ1) is 22.5. The van der Waals surface area contributed by atoms with Crippen LogP contribution in [0.1, 0.15) is 18.9 Å². The van der Waals surface area contributed by atoms with Crippen molar-refractivity contribution in [1.82, 2.24) is 10.6 Å². The van der Waals surface area contributed by atoms with Crippen LogP contribution in [0.25, 0.3) is 0 Å². The van der Waals surface area contributed by atoms with E-state index in [9.17, 15) is 9.18 Å². The molecule has 0 atom stereocenters. The monoisotopic (exact) mass is 418 g/mol. The van der Waals surface area contributed by atoms with Crippen LogP contribution in [0, 0.1) is 5.82 Å². The van der Waals surface area contributed by atoms with Gasteiger partial charge in [-0.15, -0.1) is 11.8 Å². The van der Waals surface area contributed by atoms with E-state index in [1.165, 1.54) is 12.1 Å².